The van der Waals surface area contributed by atoms with Crippen LogP contribution in [0.15, 0.2) is 65.7 Å². The first-order valence-electron chi connectivity index (χ1n) is 9.92. The summed E-state index contributed by atoms with van der Waals surface area (Å²) in [6, 6.07) is 14.2. The third-order valence-electron chi connectivity index (χ3n) is 4.99. The molecule has 0 saturated carbocycles. The summed E-state index contributed by atoms with van der Waals surface area (Å²) in [4.78, 5) is 25.6. The molecule has 0 spiro atoms. The first kappa shape index (κ1) is 23.2. The van der Waals surface area contributed by atoms with Gasteiger partial charge in [0.2, 0.25) is 0 Å². The van der Waals surface area contributed by atoms with E-state index in [1.807, 2.05) is 0 Å². The Morgan fingerprint density at radius 2 is 1.66 bits per heavy atom. The largest absolute Gasteiger partial charge is 0.394 e. The van der Waals surface area contributed by atoms with Crippen molar-refractivity contribution in [2.75, 3.05) is 18.2 Å². The molecular weight excluding hydrogens is 430 g/mol. The molecule has 0 radical (unpaired) electrons. The molecule has 168 valence electrons. The van der Waals surface area contributed by atoms with Gasteiger partial charge in [-0.3, -0.25) is 9.59 Å². The van der Waals surface area contributed by atoms with Crippen LogP contribution >= 0.6 is 0 Å². The Morgan fingerprint density at radius 1 is 1.00 bits per heavy atom. The predicted molar refractivity (Wildman–Crippen MR) is 122 cm³/mol. The Morgan fingerprint density at radius 3 is 2.28 bits per heavy atom. The Kier molecular flexibility index (Phi) is 6.81. The summed E-state index contributed by atoms with van der Waals surface area (Å²) < 4.78 is 24.9. The quantitative estimate of drug-likeness (QED) is 0.506. The number of rotatable bonds is 7. The van der Waals surface area contributed by atoms with Gasteiger partial charge in [0.05, 0.1) is 28.3 Å². The van der Waals surface area contributed by atoms with Gasteiger partial charge in [-0.2, -0.15) is 0 Å². The standard InChI is InChI=1S/C23H25N3O5S/c1-15(14-27)24-23(29)20-6-4-5-7-21(20)26-13-12-19(16(26)2)22(28)25-17-8-10-18(11-9-17)32(3,30)31/h4-13,15,27H,14H2,1-3H3,(H,24,29)(H,25,28)/t15-/m1/s1. The second-order valence-corrected chi connectivity index (χ2v) is 9.53. The zero-order chi connectivity index (χ0) is 23.5. The SMILES string of the molecule is Cc1c(C(=O)Nc2ccc(S(C)(=O)=O)cc2)ccn1-c1ccccc1C(=O)N[C@H](C)CO. The number of carbonyl (C=O) groups excluding carboxylic acids is 2. The van der Waals surface area contributed by atoms with E-state index >= 15 is 0 Å². The molecule has 1 heterocycles. The van der Waals surface area contributed by atoms with Crippen LogP contribution in [0.5, 0.6) is 0 Å². The van der Waals surface area contributed by atoms with Gasteiger partial charge in [-0.1, -0.05) is 12.1 Å². The maximum Gasteiger partial charge on any atom is 0.257 e. The number of aromatic nitrogens is 1. The van der Waals surface area contributed by atoms with Crippen LogP contribution in [0.25, 0.3) is 5.69 Å². The van der Waals surface area contributed by atoms with Gasteiger partial charge in [0.25, 0.3) is 11.8 Å². The molecule has 3 aromatic rings. The molecule has 0 unspecified atom stereocenters. The number of hydrogen-bond donors (Lipinski definition) is 3. The zero-order valence-corrected chi connectivity index (χ0v) is 18.8. The monoisotopic (exact) mass is 455 g/mol. The number of nitrogens with zero attached hydrogens (tertiary/aromatic N) is 1. The van der Waals surface area contributed by atoms with Crippen LogP contribution in [-0.4, -0.2) is 48.8 Å². The number of anilines is 1. The van der Waals surface area contributed by atoms with E-state index in [2.05, 4.69) is 10.6 Å². The van der Waals surface area contributed by atoms with E-state index in [0.717, 1.165) is 6.26 Å². The average molecular weight is 456 g/mol. The van der Waals surface area contributed by atoms with Crippen molar-refractivity contribution < 1.29 is 23.1 Å². The normalized spacial score (nSPS) is 12.2. The second kappa shape index (κ2) is 9.37. The lowest BCUT2D eigenvalue weighted by Crippen LogP contribution is -2.35. The summed E-state index contributed by atoms with van der Waals surface area (Å²) in [5.74, 6) is -0.684. The van der Waals surface area contributed by atoms with E-state index in [1.54, 1.807) is 54.9 Å². The molecule has 1 aromatic heterocycles. The van der Waals surface area contributed by atoms with Gasteiger partial charge in [-0.15, -0.1) is 0 Å². The van der Waals surface area contributed by atoms with Crippen LogP contribution in [0.4, 0.5) is 5.69 Å². The third-order valence-corrected chi connectivity index (χ3v) is 6.11. The highest BCUT2D eigenvalue weighted by Gasteiger charge is 2.19. The maximum atomic E-state index is 12.8. The smallest absolute Gasteiger partial charge is 0.257 e. The van der Waals surface area contributed by atoms with Gasteiger partial charge in [0.15, 0.2) is 9.84 Å². The van der Waals surface area contributed by atoms with Gasteiger partial charge in [-0.25, -0.2) is 8.42 Å². The van der Waals surface area contributed by atoms with E-state index < -0.39 is 15.9 Å². The lowest BCUT2D eigenvalue weighted by Gasteiger charge is -2.15. The van der Waals surface area contributed by atoms with E-state index in [0.29, 0.717) is 28.2 Å². The molecule has 0 bridgehead atoms. The number of sulfone groups is 1. The lowest BCUT2D eigenvalue weighted by atomic mass is 10.1. The van der Waals surface area contributed by atoms with Crippen molar-refractivity contribution in [3.8, 4) is 5.69 Å². The predicted octanol–water partition coefficient (Wildman–Crippen LogP) is 2.55. The number of amides is 2. The molecule has 3 rings (SSSR count). The highest BCUT2D eigenvalue weighted by Crippen LogP contribution is 2.22. The zero-order valence-electron chi connectivity index (χ0n) is 18.0. The van der Waals surface area contributed by atoms with Crippen molar-refractivity contribution in [3.63, 3.8) is 0 Å². The minimum Gasteiger partial charge on any atom is -0.394 e. The van der Waals surface area contributed by atoms with Gasteiger partial charge in [0.1, 0.15) is 0 Å². The molecule has 0 saturated heterocycles. The highest BCUT2D eigenvalue weighted by molar-refractivity contribution is 7.90. The van der Waals surface area contributed by atoms with Crippen LogP contribution in [0.3, 0.4) is 0 Å². The first-order chi connectivity index (χ1) is 15.1. The van der Waals surface area contributed by atoms with Crippen LogP contribution in [0.1, 0.15) is 33.3 Å². The molecule has 8 nitrogen and oxygen atoms in total. The number of carbonyl (C=O) groups is 2. The Hall–Kier alpha value is -3.43. The number of aliphatic hydroxyl groups excluding tert-OH is 1. The molecule has 2 amide bonds. The van der Waals surface area contributed by atoms with Crippen molar-refractivity contribution in [1.82, 2.24) is 9.88 Å². The highest BCUT2D eigenvalue weighted by atomic mass is 32.2. The van der Waals surface area contributed by atoms with Crippen molar-refractivity contribution in [2.45, 2.75) is 24.8 Å². The summed E-state index contributed by atoms with van der Waals surface area (Å²) in [6.07, 6.45) is 2.83. The van der Waals surface area contributed by atoms with Crippen molar-refractivity contribution in [1.29, 1.82) is 0 Å². The summed E-state index contributed by atoms with van der Waals surface area (Å²) >= 11 is 0. The van der Waals surface area contributed by atoms with Crippen molar-refractivity contribution >= 4 is 27.3 Å². The summed E-state index contributed by atoms with van der Waals surface area (Å²) in [5, 5.41) is 14.7. The Bertz CT molecular complexity index is 1250. The van der Waals surface area contributed by atoms with E-state index in [9.17, 15) is 23.1 Å². The van der Waals surface area contributed by atoms with Crippen LogP contribution < -0.4 is 10.6 Å². The number of aliphatic hydroxyl groups is 1. The summed E-state index contributed by atoms with van der Waals surface area (Å²) in [5.41, 5.74) is 2.52. The number of benzene rings is 2. The van der Waals surface area contributed by atoms with Gasteiger partial charge in [0, 0.05) is 29.9 Å². The second-order valence-electron chi connectivity index (χ2n) is 7.51. The molecule has 32 heavy (non-hydrogen) atoms. The summed E-state index contributed by atoms with van der Waals surface area (Å²) in [6.45, 7) is 3.30. The lowest BCUT2D eigenvalue weighted by molar-refractivity contribution is 0.0922. The average Bonchev–Trinajstić information content (AvgIpc) is 3.14. The minimum atomic E-state index is -3.32. The van der Waals surface area contributed by atoms with Crippen molar-refractivity contribution in [3.05, 3.63) is 77.6 Å². The topological polar surface area (TPSA) is 118 Å². The fraction of sp³-hybridized carbons (Fsp3) is 0.217. The van der Waals surface area contributed by atoms with Gasteiger partial charge in [-0.05, 0) is 56.3 Å². The number of nitrogens with one attached hydrogen (secondary N) is 2. The molecule has 1 atom stereocenters. The number of para-hydroxylation sites is 1. The van der Waals surface area contributed by atoms with E-state index in [1.165, 1.54) is 24.3 Å². The molecular formula is C23H25N3O5S. The first-order valence-corrected chi connectivity index (χ1v) is 11.8. The van der Waals surface area contributed by atoms with Gasteiger partial charge < -0.3 is 20.3 Å². The molecule has 2 aromatic carbocycles. The Balaban J connectivity index is 1.86. The third kappa shape index (κ3) is 5.06. The van der Waals surface area contributed by atoms with E-state index in [-0.39, 0.29) is 23.3 Å². The maximum absolute atomic E-state index is 12.8. The van der Waals surface area contributed by atoms with Crippen LogP contribution in [-0.2, 0) is 9.84 Å². The van der Waals surface area contributed by atoms with Crippen molar-refractivity contribution in [2.24, 2.45) is 0 Å². The van der Waals surface area contributed by atoms with E-state index in [4.69, 9.17) is 0 Å². The van der Waals surface area contributed by atoms with Crippen LogP contribution in [0.2, 0.25) is 0 Å². The molecule has 0 fully saturated rings. The fourth-order valence-corrected chi connectivity index (χ4v) is 3.85. The summed E-state index contributed by atoms with van der Waals surface area (Å²) in [7, 11) is -3.32. The molecule has 0 aliphatic heterocycles. The van der Waals surface area contributed by atoms with Crippen LogP contribution in [0, 0.1) is 6.92 Å². The molecule has 0 aliphatic carbocycles. The van der Waals surface area contributed by atoms with Gasteiger partial charge >= 0.3 is 0 Å². The molecule has 0 aliphatic rings. The fourth-order valence-electron chi connectivity index (χ4n) is 3.22. The minimum absolute atomic E-state index is 0.170. The Labute approximate surface area is 186 Å². The molecule has 3 N–H and O–H groups in total. The number of hydrogen-bond acceptors (Lipinski definition) is 5. The molecule has 9 heteroatoms.